The van der Waals surface area contributed by atoms with Gasteiger partial charge in [-0.1, -0.05) is 30.3 Å². The fourth-order valence-corrected chi connectivity index (χ4v) is 6.95. The molecule has 0 unspecified atom stereocenters. The summed E-state index contributed by atoms with van der Waals surface area (Å²) >= 11 is 0. The molecular weight excluding hydrogens is 384 g/mol. The molecule has 4 saturated carbocycles. The maximum atomic E-state index is 13.7. The van der Waals surface area contributed by atoms with E-state index >= 15 is 0 Å². The van der Waals surface area contributed by atoms with E-state index in [-0.39, 0.29) is 11.3 Å². The zero-order valence-electron chi connectivity index (χ0n) is 18.0. The summed E-state index contributed by atoms with van der Waals surface area (Å²) in [7, 11) is 1.67. The second kappa shape index (κ2) is 7.08. The molecule has 5 aliphatic rings. The molecule has 31 heavy (non-hydrogen) atoms. The number of ether oxygens (including phenoxy) is 1. The van der Waals surface area contributed by atoms with Gasteiger partial charge < -0.3 is 4.74 Å². The maximum Gasteiger partial charge on any atom is 0.280 e. The first-order chi connectivity index (χ1) is 15.1. The summed E-state index contributed by atoms with van der Waals surface area (Å²) in [6.45, 7) is 0. The number of hydrogen-bond acceptors (Lipinski definition) is 3. The Kier molecular flexibility index (Phi) is 4.31. The van der Waals surface area contributed by atoms with E-state index in [0.29, 0.717) is 0 Å². The van der Waals surface area contributed by atoms with Crippen LogP contribution in [0.3, 0.4) is 0 Å². The number of hydrogen-bond donors (Lipinski definition) is 0. The van der Waals surface area contributed by atoms with Crippen molar-refractivity contribution in [3.63, 3.8) is 0 Å². The second-order valence-electron chi connectivity index (χ2n) is 9.93. The minimum Gasteiger partial charge on any atom is -0.497 e. The molecule has 4 aliphatic carbocycles. The third-order valence-corrected chi connectivity index (χ3v) is 7.85. The van der Waals surface area contributed by atoms with Crippen LogP contribution in [0.1, 0.15) is 44.1 Å². The summed E-state index contributed by atoms with van der Waals surface area (Å²) < 4.78 is 5.30. The molecule has 4 heteroatoms. The van der Waals surface area contributed by atoms with Crippen molar-refractivity contribution in [2.45, 2.75) is 38.5 Å². The van der Waals surface area contributed by atoms with Crippen LogP contribution in [-0.2, 0) is 4.79 Å². The Labute approximate surface area is 183 Å². The van der Waals surface area contributed by atoms with Crippen molar-refractivity contribution in [1.82, 2.24) is 0 Å². The van der Waals surface area contributed by atoms with Gasteiger partial charge >= 0.3 is 0 Å². The molecule has 158 valence electrons. The van der Waals surface area contributed by atoms with Crippen LogP contribution in [0, 0.1) is 23.2 Å². The van der Waals surface area contributed by atoms with Gasteiger partial charge in [0.1, 0.15) is 5.75 Å². The Morgan fingerprint density at radius 3 is 2.13 bits per heavy atom. The van der Waals surface area contributed by atoms with Crippen LogP contribution in [0.2, 0.25) is 0 Å². The highest BCUT2D eigenvalue weighted by molar-refractivity contribution is 6.34. The molecule has 4 bridgehead atoms. The number of nitrogens with zero attached hydrogens (tertiary/aromatic N) is 2. The van der Waals surface area contributed by atoms with E-state index in [0.717, 1.165) is 46.0 Å². The Morgan fingerprint density at radius 1 is 0.935 bits per heavy atom. The standard InChI is InChI=1S/C27H28N2O2/c1-31-23-9-7-18(8-10-23)14-24-25(28-29(26(24)30)22-5-3-2-4-6-22)27-15-19-11-20(16-27)13-21(12-19)17-27/h2-10,14,19-21H,11-13,15-17H2,1H3. The Hall–Kier alpha value is -2.88. The molecule has 0 saturated heterocycles. The van der Waals surface area contributed by atoms with Crippen molar-refractivity contribution >= 4 is 23.4 Å². The number of carbonyl (C=O) groups excluding carboxylic acids is 1. The molecule has 2 aromatic carbocycles. The van der Waals surface area contributed by atoms with Crippen LogP contribution in [0.4, 0.5) is 5.69 Å². The monoisotopic (exact) mass is 412 g/mol. The lowest BCUT2D eigenvalue weighted by atomic mass is 9.48. The number of para-hydroxylation sites is 1. The van der Waals surface area contributed by atoms with Crippen LogP contribution < -0.4 is 9.75 Å². The topological polar surface area (TPSA) is 41.9 Å². The SMILES string of the molecule is COc1ccc(C=C2C(=O)N(c3ccccc3)N=C2C23CC4CC(CC(C4)C2)C3)cc1. The van der Waals surface area contributed by atoms with Gasteiger partial charge in [0.2, 0.25) is 0 Å². The quantitative estimate of drug-likeness (QED) is 0.605. The number of anilines is 1. The third kappa shape index (κ3) is 3.12. The molecule has 4 fully saturated rings. The van der Waals surface area contributed by atoms with E-state index < -0.39 is 0 Å². The second-order valence-corrected chi connectivity index (χ2v) is 9.93. The van der Waals surface area contributed by atoms with Crippen LogP contribution in [0.5, 0.6) is 5.75 Å². The van der Waals surface area contributed by atoms with Gasteiger partial charge in [-0.2, -0.15) is 10.1 Å². The van der Waals surface area contributed by atoms with Crippen LogP contribution in [0.15, 0.2) is 65.3 Å². The summed E-state index contributed by atoms with van der Waals surface area (Å²) in [5.74, 6) is 3.22. The first-order valence-electron chi connectivity index (χ1n) is 11.5. The number of hydrazone groups is 1. The number of carbonyl (C=O) groups is 1. The lowest BCUT2D eigenvalue weighted by molar-refractivity contribution is -0.114. The predicted octanol–water partition coefficient (Wildman–Crippen LogP) is 5.70. The van der Waals surface area contributed by atoms with E-state index in [2.05, 4.69) is 0 Å². The Morgan fingerprint density at radius 2 is 1.55 bits per heavy atom. The minimum atomic E-state index is -0.00670. The van der Waals surface area contributed by atoms with E-state index in [1.54, 1.807) is 12.1 Å². The highest BCUT2D eigenvalue weighted by atomic mass is 16.5. The number of methoxy groups -OCH3 is 1. The van der Waals surface area contributed by atoms with Gasteiger partial charge in [-0.05, 0) is 92.2 Å². The smallest absolute Gasteiger partial charge is 0.280 e. The first kappa shape index (κ1) is 18.9. The van der Waals surface area contributed by atoms with Gasteiger partial charge in [-0.25, -0.2) is 0 Å². The highest BCUT2D eigenvalue weighted by Crippen LogP contribution is 2.61. The lowest BCUT2D eigenvalue weighted by Gasteiger charge is -2.56. The van der Waals surface area contributed by atoms with Gasteiger partial charge in [0, 0.05) is 5.41 Å². The summed E-state index contributed by atoms with van der Waals surface area (Å²) in [6, 6.07) is 17.8. The molecule has 2 aromatic rings. The zero-order chi connectivity index (χ0) is 21.0. The highest BCUT2D eigenvalue weighted by Gasteiger charge is 2.56. The number of rotatable bonds is 4. The van der Waals surface area contributed by atoms with E-state index in [1.807, 2.05) is 60.7 Å². The van der Waals surface area contributed by atoms with Crippen molar-refractivity contribution in [2.24, 2.45) is 28.3 Å². The van der Waals surface area contributed by atoms with Gasteiger partial charge in [0.05, 0.1) is 24.1 Å². The van der Waals surface area contributed by atoms with Crippen LogP contribution >= 0.6 is 0 Å². The van der Waals surface area contributed by atoms with Gasteiger partial charge in [-0.15, -0.1) is 0 Å². The molecule has 7 rings (SSSR count). The normalized spacial score (nSPS) is 32.6. The van der Waals surface area contributed by atoms with E-state index in [9.17, 15) is 4.79 Å². The average molecular weight is 413 g/mol. The zero-order valence-corrected chi connectivity index (χ0v) is 18.0. The minimum absolute atomic E-state index is 0.00670. The summed E-state index contributed by atoms with van der Waals surface area (Å²) in [5.41, 5.74) is 3.73. The fourth-order valence-electron chi connectivity index (χ4n) is 6.95. The lowest BCUT2D eigenvalue weighted by Crippen LogP contribution is -2.50. The summed E-state index contributed by atoms with van der Waals surface area (Å²) in [4.78, 5) is 13.7. The molecule has 1 amide bonds. The van der Waals surface area contributed by atoms with Crippen molar-refractivity contribution in [2.75, 3.05) is 12.1 Å². The maximum absolute atomic E-state index is 13.7. The number of benzene rings is 2. The van der Waals surface area contributed by atoms with E-state index in [1.165, 1.54) is 38.5 Å². The molecule has 0 radical (unpaired) electrons. The molecule has 0 aromatic heterocycles. The van der Waals surface area contributed by atoms with Crippen LogP contribution in [0.25, 0.3) is 6.08 Å². The molecule has 1 aliphatic heterocycles. The summed E-state index contributed by atoms with van der Waals surface area (Å²) in [6.07, 6.45) is 9.73. The van der Waals surface area contributed by atoms with Crippen molar-refractivity contribution in [3.05, 3.63) is 65.7 Å². The molecular formula is C27H28N2O2. The first-order valence-corrected chi connectivity index (χ1v) is 11.5. The van der Waals surface area contributed by atoms with Gasteiger partial charge in [0.25, 0.3) is 5.91 Å². The van der Waals surface area contributed by atoms with Gasteiger partial charge in [-0.3, -0.25) is 4.79 Å². The molecule has 0 spiro atoms. The Bertz CT molecular complexity index is 1030. The molecule has 0 atom stereocenters. The van der Waals surface area contributed by atoms with Crippen LogP contribution in [-0.4, -0.2) is 18.7 Å². The Balaban J connectivity index is 1.45. The van der Waals surface area contributed by atoms with E-state index in [4.69, 9.17) is 9.84 Å². The third-order valence-electron chi connectivity index (χ3n) is 7.85. The van der Waals surface area contributed by atoms with Crippen molar-refractivity contribution < 1.29 is 9.53 Å². The largest absolute Gasteiger partial charge is 0.497 e. The average Bonchev–Trinajstić information content (AvgIpc) is 3.11. The van der Waals surface area contributed by atoms with Gasteiger partial charge in [0.15, 0.2) is 0 Å². The number of amides is 1. The summed E-state index contributed by atoms with van der Waals surface area (Å²) in [5, 5.41) is 6.68. The molecule has 4 nitrogen and oxygen atoms in total. The molecule has 1 heterocycles. The fraction of sp³-hybridized carbons (Fsp3) is 0.407. The van der Waals surface area contributed by atoms with Crippen molar-refractivity contribution in [1.29, 1.82) is 0 Å². The van der Waals surface area contributed by atoms with Crippen molar-refractivity contribution in [3.8, 4) is 5.75 Å². The predicted molar refractivity (Wildman–Crippen MR) is 123 cm³/mol. The molecule has 0 N–H and O–H groups in total.